The zero-order chi connectivity index (χ0) is 37.3. The first-order valence-electron chi connectivity index (χ1n) is 19.4. The summed E-state index contributed by atoms with van der Waals surface area (Å²) in [5.41, 5.74) is 3.65. The Morgan fingerprint density at radius 1 is 0.900 bits per heavy atom. The van der Waals surface area contributed by atoms with Crippen LogP contribution in [0, 0.1) is 17.3 Å². The van der Waals surface area contributed by atoms with E-state index in [1.807, 2.05) is 27.7 Å². The second kappa shape index (κ2) is 18.2. The van der Waals surface area contributed by atoms with E-state index in [2.05, 4.69) is 36.7 Å². The summed E-state index contributed by atoms with van der Waals surface area (Å²) in [4.78, 5) is 67.5. The Morgan fingerprint density at radius 3 is 1.96 bits per heavy atom. The molecule has 12 nitrogen and oxygen atoms in total. The summed E-state index contributed by atoms with van der Waals surface area (Å²) in [6.07, 6.45) is 13.5. The van der Waals surface area contributed by atoms with Crippen molar-refractivity contribution in [2.75, 3.05) is 13.1 Å². The summed E-state index contributed by atoms with van der Waals surface area (Å²) in [6, 6.07) is -3.10. The Labute approximate surface area is 300 Å². The maximum atomic E-state index is 14.4. The van der Waals surface area contributed by atoms with Crippen molar-refractivity contribution in [1.29, 1.82) is 0 Å². The number of Topliss-reactive ketones (excluding diaryl/α,β-unsaturated/α-hetero) is 1. The summed E-state index contributed by atoms with van der Waals surface area (Å²) in [6.45, 7) is 15.1. The molecule has 4 rings (SSSR count). The molecule has 0 aromatic carbocycles. The van der Waals surface area contributed by atoms with Crippen molar-refractivity contribution >= 4 is 29.5 Å². The van der Waals surface area contributed by atoms with Gasteiger partial charge in [0, 0.05) is 18.6 Å². The molecule has 4 fully saturated rings. The second-order valence-electron chi connectivity index (χ2n) is 17.3. The number of nitrogens with two attached hydrogens (primary N) is 1. The SMILES string of the molecule is CC1(C(NC(=O)NC2(CN(O)C(C)(C)C)CCCCC2)C(=O)N2CCCC2C(=O)NC(CC2CC2)C(=O)C(N)=O)CCCCC1.CCC(C)C. The topological polar surface area (TPSA) is 174 Å². The Bertz CT molecular complexity index is 1170. The van der Waals surface area contributed by atoms with Gasteiger partial charge in [0.1, 0.15) is 12.1 Å². The highest BCUT2D eigenvalue weighted by atomic mass is 16.5. The molecule has 1 saturated heterocycles. The molecule has 5 amide bonds. The third kappa shape index (κ3) is 11.9. The van der Waals surface area contributed by atoms with Gasteiger partial charge in [0.15, 0.2) is 0 Å². The van der Waals surface area contributed by atoms with Gasteiger partial charge in [0.05, 0.1) is 11.6 Å². The zero-order valence-corrected chi connectivity index (χ0v) is 32.1. The van der Waals surface area contributed by atoms with Crippen molar-refractivity contribution in [1.82, 2.24) is 25.9 Å². The van der Waals surface area contributed by atoms with Crippen LogP contribution in [0.2, 0.25) is 0 Å². The number of hydrogen-bond donors (Lipinski definition) is 5. The van der Waals surface area contributed by atoms with Crippen molar-refractivity contribution < 1.29 is 29.2 Å². The summed E-state index contributed by atoms with van der Waals surface area (Å²) in [7, 11) is 0. The standard InChI is InChI=1S/C33H56N6O6.C5H12/c1-31(2,3)39(45)21-33(17-9-6-10-18-33)37-30(44)36-26(32(4)15-7-5-8-16-32)29(43)38-19-11-12-24(38)28(42)35-23(20-22-13-14-22)25(40)27(34)41;1-4-5(2)3/h22-24,26,45H,5-21H2,1-4H3,(H2,34,41)(H,35,42)(H2,36,37,44);5H,4H2,1-3H3. The van der Waals surface area contributed by atoms with Crippen molar-refractivity contribution in [2.45, 2.75) is 180 Å². The maximum Gasteiger partial charge on any atom is 0.315 e. The highest BCUT2D eigenvalue weighted by Gasteiger charge is 2.47. The van der Waals surface area contributed by atoms with E-state index < -0.39 is 58.2 Å². The van der Waals surface area contributed by atoms with Crippen LogP contribution in [0.15, 0.2) is 0 Å². The van der Waals surface area contributed by atoms with E-state index in [1.54, 1.807) is 4.90 Å². The van der Waals surface area contributed by atoms with Crippen LogP contribution in [-0.4, -0.2) is 87.0 Å². The highest BCUT2D eigenvalue weighted by Crippen LogP contribution is 2.40. The lowest BCUT2D eigenvalue weighted by Crippen LogP contribution is -2.65. The predicted octanol–water partition coefficient (Wildman–Crippen LogP) is 5.20. The molecule has 0 aromatic rings. The van der Waals surface area contributed by atoms with Crippen molar-refractivity contribution in [3.8, 4) is 0 Å². The molecule has 4 aliphatic rings. The lowest BCUT2D eigenvalue weighted by molar-refractivity contribution is -0.170. The first-order chi connectivity index (χ1) is 23.4. The van der Waals surface area contributed by atoms with E-state index >= 15 is 0 Å². The smallest absolute Gasteiger partial charge is 0.315 e. The Morgan fingerprint density at radius 2 is 1.46 bits per heavy atom. The number of amides is 5. The highest BCUT2D eigenvalue weighted by molar-refractivity contribution is 6.37. The third-order valence-corrected chi connectivity index (χ3v) is 11.4. The lowest BCUT2D eigenvalue weighted by atomic mass is 9.70. The monoisotopic (exact) mass is 705 g/mol. The van der Waals surface area contributed by atoms with Crippen LogP contribution in [0.5, 0.6) is 0 Å². The van der Waals surface area contributed by atoms with Gasteiger partial charge < -0.3 is 31.8 Å². The van der Waals surface area contributed by atoms with Crippen LogP contribution < -0.4 is 21.7 Å². The molecule has 286 valence electrons. The third-order valence-electron chi connectivity index (χ3n) is 11.4. The minimum absolute atomic E-state index is 0.270. The molecular formula is C38H68N6O6. The van der Waals surface area contributed by atoms with Gasteiger partial charge in [0.25, 0.3) is 5.91 Å². The molecule has 1 aliphatic heterocycles. The molecule has 3 unspecified atom stereocenters. The van der Waals surface area contributed by atoms with Crippen LogP contribution >= 0.6 is 0 Å². The number of urea groups is 1. The molecule has 3 atom stereocenters. The van der Waals surface area contributed by atoms with Gasteiger partial charge in [0.2, 0.25) is 17.6 Å². The number of nitrogens with one attached hydrogen (secondary N) is 3. The van der Waals surface area contributed by atoms with Crippen LogP contribution in [0.1, 0.15) is 151 Å². The van der Waals surface area contributed by atoms with Gasteiger partial charge in [-0.2, -0.15) is 5.06 Å². The second-order valence-corrected chi connectivity index (χ2v) is 17.3. The summed E-state index contributed by atoms with van der Waals surface area (Å²) in [5.74, 6) is -1.51. The van der Waals surface area contributed by atoms with E-state index in [0.29, 0.717) is 25.8 Å². The van der Waals surface area contributed by atoms with E-state index in [4.69, 9.17) is 5.73 Å². The fourth-order valence-corrected chi connectivity index (χ4v) is 7.49. The summed E-state index contributed by atoms with van der Waals surface area (Å²) in [5, 5.41) is 21.1. The molecule has 1 heterocycles. The average Bonchev–Trinajstić information content (AvgIpc) is 3.73. The van der Waals surface area contributed by atoms with Crippen LogP contribution in [-0.2, 0) is 19.2 Å². The fraction of sp³-hybridized carbons (Fsp3) is 0.868. The number of rotatable bonds is 13. The largest absolute Gasteiger partial charge is 0.363 e. The molecule has 3 saturated carbocycles. The number of hydroxylamine groups is 2. The van der Waals surface area contributed by atoms with Gasteiger partial charge in [-0.1, -0.05) is 85.5 Å². The fourth-order valence-electron chi connectivity index (χ4n) is 7.49. The minimum Gasteiger partial charge on any atom is -0.363 e. The molecule has 0 radical (unpaired) electrons. The van der Waals surface area contributed by atoms with E-state index in [9.17, 15) is 29.2 Å². The van der Waals surface area contributed by atoms with E-state index in [0.717, 1.165) is 83.0 Å². The zero-order valence-electron chi connectivity index (χ0n) is 32.1. The number of nitrogens with zero attached hydrogens (tertiary/aromatic N) is 2. The number of ketones is 1. The minimum atomic E-state index is -1.08. The Kier molecular flexibility index (Phi) is 15.1. The van der Waals surface area contributed by atoms with Gasteiger partial charge >= 0.3 is 6.03 Å². The molecule has 0 spiro atoms. The molecule has 3 aliphatic carbocycles. The van der Waals surface area contributed by atoms with Gasteiger partial charge in [-0.25, -0.2) is 4.79 Å². The van der Waals surface area contributed by atoms with Crippen LogP contribution in [0.3, 0.4) is 0 Å². The van der Waals surface area contributed by atoms with Crippen molar-refractivity contribution in [3.63, 3.8) is 0 Å². The number of primary amides is 1. The summed E-state index contributed by atoms with van der Waals surface area (Å²) >= 11 is 0. The van der Waals surface area contributed by atoms with Crippen molar-refractivity contribution in [3.05, 3.63) is 0 Å². The first-order valence-corrected chi connectivity index (χ1v) is 19.4. The molecule has 0 aromatic heterocycles. The van der Waals surface area contributed by atoms with Crippen LogP contribution in [0.4, 0.5) is 4.79 Å². The molecule has 6 N–H and O–H groups in total. The van der Waals surface area contributed by atoms with Crippen molar-refractivity contribution in [2.24, 2.45) is 23.0 Å². The Hall–Kier alpha value is -2.73. The van der Waals surface area contributed by atoms with Gasteiger partial charge in [-0.3, -0.25) is 19.2 Å². The molecule has 0 bridgehead atoms. The van der Waals surface area contributed by atoms with Gasteiger partial charge in [-0.15, -0.1) is 0 Å². The maximum absolute atomic E-state index is 14.4. The predicted molar refractivity (Wildman–Crippen MR) is 194 cm³/mol. The normalized spacial score (nSPS) is 22.9. The number of carbonyl (C=O) groups is 5. The Balaban J connectivity index is 0.00000126. The molecular weight excluding hydrogens is 636 g/mol. The van der Waals surface area contributed by atoms with Gasteiger partial charge in [-0.05, 0) is 83.0 Å². The number of carbonyl (C=O) groups excluding carboxylic acids is 5. The first kappa shape index (κ1) is 41.7. The molecule has 50 heavy (non-hydrogen) atoms. The van der Waals surface area contributed by atoms with E-state index in [-0.39, 0.29) is 18.4 Å². The lowest BCUT2D eigenvalue weighted by Gasteiger charge is -2.45. The number of hydrogen-bond acceptors (Lipinski definition) is 7. The quantitative estimate of drug-likeness (QED) is 0.129. The van der Waals surface area contributed by atoms with Crippen LogP contribution in [0.25, 0.3) is 0 Å². The van der Waals surface area contributed by atoms with E-state index in [1.165, 1.54) is 11.5 Å². The number of likely N-dealkylation sites (tertiary alicyclic amines) is 1. The summed E-state index contributed by atoms with van der Waals surface area (Å²) < 4.78 is 0. The average molecular weight is 705 g/mol. The molecule has 12 heteroatoms.